The molecular weight excluding hydrogens is 530 g/mol. The maximum Gasteiger partial charge on any atom is 0.254 e. The Bertz CT molecular complexity index is 1170. The number of halogens is 1. The molecule has 7 heteroatoms. The number of nitrogens with zero attached hydrogens (tertiary/aromatic N) is 3. The molecule has 198 valence electrons. The SMILES string of the molecule is CCC(C)N(Cc1cccn1Cc1cccc(OC)c1)C(=O)CN(CC(C)C)C(=O)c1ccc(Br)cc1. The Labute approximate surface area is 229 Å². The van der Waals surface area contributed by atoms with Crippen LogP contribution in [0.25, 0.3) is 0 Å². The van der Waals surface area contributed by atoms with Gasteiger partial charge in [0.2, 0.25) is 5.91 Å². The highest BCUT2D eigenvalue weighted by Gasteiger charge is 2.26. The largest absolute Gasteiger partial charge is 0.497 e. The first kappa shape index (κ1) is 28.5. The summed E-state index contributed by atoms with van der Waals surface area (Å²) in [6.07, 6.45) is 2.86. The fraction of sp³-hybridized carbons (Fsp3) is 0.400. The van der Waals surface area contributed by atoms with E-state index in [1.807, 2.05) is 47.5 Å². The van der Waals surface area contributed by atoms with Crippen LogP contribution in [0.1, 0.15) is 55.7 Å². The minimum atomic E-state index is -0.125. The van der Waals surface area contributed by atoms with Crippen LogP contribution < -0.4 is 4.74 Å². The van der Waals surface area contributed by atoms with Crippen molar-refractivity contribution in [2.45, 2.75) is 53.2 Å². The van der Waals surface area contributed by atoms with E-state index in [4.69, 9.17) is 4.74 Å². The van der Waals surface area contributed by atoms with Crippen molar-refractivity contribution in [3.63, 3.8) is 0 Å². The van der Waals surface area contributed by atoms with Gasteiger partial charge in [-0.1, -0.05) is 48.8 Å². The number of amides is 2. The monoisotopic (exact) mass is 567 g/mol. The Balaban J connectivity index is 1.80. The number of carbonyl (C=O) groups is 2. The van der Waals surface area contributed by atoms with Crippen molar-refractivity contribution in [2.75, 3.05) is 20.2 Å². The van der Waals surface area contributed by atoms with Gasteiger partial charge in [0, 0.05) is 41.1 Å². The highest BCUT2D eigenvalue weighted by Crippen LogP contribution is 2.19. The molecule has 1 unspecified atom stereocenters. The Morgan fingerprint density at radius 2 is 1.76 bits per heavy atom. The predicted octanol–water partition coefficient (Wildman–Crippen LogP) is 6.23. The number of benzene rings is 2. The summed E-state index contributed by atoms with van der Waals surface area (Å²) in [5.41, 5.74) is 2.76. The van der Waals surface area contributed by atoms with E-state index >= 15 is 0 Å². The molecule has 1 heterocycles. The van der Waals surface area contributed by atoms with E-state index in [-0.39, 0.29) is 30.3 Å². The van der Waals surface area contributed by atoms with Crippen molar-refractivity contribution in [3.05, 3.63) is 88.2 Å². The molecule has 6 nitrogen and oxygen atoms in total. The molecule has 37 heavy (non-hydrogen) atoms. The Kier molecular flexibility index (Phi) is 10.4. The Morgan fingerprint density at radius 3 is 2.41 bits per heavy atom. The van der Waals surface area contributed by atoms with Gasteiger partial charge in [-0.15, -0.1) is 0 Å². The van der Waals surface area contributed by atoms with Gasteiger partial charge in [-0.3, -0.25) is 9.59 Å². The number of ether oxygens (including phenoxy) is 1. The molecule has 0 radical (unpaired) electrons. The van der Waals surface area contributed by atoms with E-state index in [0.29, 0.717) is 25.2 Å². The summed E-state index contributed by atoms with van der Waals surface area (Å²) in [4.78, 5) is 30.6. The summed E-state index contributed by atoms with van der Waals surface area (Å²) in [7, 11) is 1.67. The number of hydrogen-bond acceptors (Lipinski definition) is 3. The van der Waals surface area contributed by atoms with Crippen LogP contribution in [0.3, 0.4) is 0 Å². The zero-order valence-corrected chi connectivity index (χ0v) is 24.1. The second-order valence-corrected chi connectivity index (χ2v) is 10.8. The molecule has 0 aliphatic rings. The molecule has 0 aliphatic carbocycles. The molecule has 1 atom stereocenters. The minimum Gasteiger partial charge on any atom is -0.497 e. The van der Waals surface area contributed by atoms with Crippen molar-refractivity contribution in [2.24, 2.45) is 5.92 Å². The number of hydrogen-bond donors (Lipinski definition) is 0. The van der Waals surface area contributed by atoms with Gasteiger partial charge >= 0.3 is 0 Å². The summed E-state index contributed by atoms with van der Waals surface area (Å²) in [6, 6.07) is 19.4. The fourth-order valence-corrected chi connectivity index (χ4v) is 4.55. The summed E-state index contributed by atoms with van der Waals surface area (Å²) in [5, 5.41) is 0. The molecule has 2 amide bonds. The summed E-state index contributed by atoms with van der Waals surface area (Å²) in [6.45, 7) is 10.00. The molecule has 0 spiro atoms. The molecule has 0 aliphatic heterocycles. The second-order valence-electron chi connectivity index (χ2n) is 9.84. The first-order chi connectivity index (χ1) is 17.7. The summed E-state index contributed by atoms with van der Waals surface area (Å²) < 4.78 is 8.45. The molecule has 0 saturated heterocycles. The molecule has 1 aromatic heterocycles. The van der Waals surface area contributed by atoms with Gasteiger partial charge in [-0.05, 0) is 73.4 Å². The quantitative estimate of drug-likeness (QED) is 0.260. The van der Waals surface area contributed by atoms with E-state index < -0.39 is 0 Å². The molecule has 3 rings (SSSR count). The van der Waals surface area contributed by atoms with Crippen molar-refractivity contribution >= 4 is 27.7 Å². The lowest BCUT2D eigenvalue weighted by Gasteiger charge is -2.32. The predicted molar refractivity (Wildman–Crippen MR) is 152 cm³/mol. The Hall–Kier alpha value is -3.06. The third-order valence-electron chi connectivity index (χ3n) is 6.48. The van der Waals surface area contributed by atoms with Gasteiger partial charge in [0.25, 0.3) is 5.91 Å². The topological polar surface area (TPSA) is 54.8 Å². The van der Waals surface area contributed by atoms with E-state index in [2.05, 4.69) is 60.3 Å². The van der Waals surface area contributed by atoms with E-state index in [1.54, 1.807) is 24.1 Å². The lowest BCUT2D eigenvalue weighted by Crippen LogP contribution is -2.47. The highest BCUT2D eigenvalue weighted by atomic mass is 79.9. The molecule has 0 bridgehead atoms. The molecular formula is C30H38BrN3O3. The van der Waals surface area contributed by atoms with Crippen LogP contribution in [0.2, 0.25) is 0 Å². The first-order valence-corrected chi connectivity index (χ1v) is 13.6. The number of aromatic nitrogens is 1. The lowest BCUT2D eigenvalue weighted by atomic mass is 10.1. The van der Waals surface area contributed by atoms with Crippen LogP contribution >= 0.6 is 15.9 Å². The average molecular weight is 569 g/mol. The highest BCUT2D eigenvalue weighted by molar-refractivity contribution is 9.10. The number of rotatable bonds is 12. The van der Waals surface area contributed by atoms with Gasteiger partial charge < -0.3 is 19.1 Å². The summed E-state index contributed by atoms with van der Waals surface area (Å²) >= 11 is 3.42. The van der Waals surface area contributed by atoms with Crippen LogP contribution in [0.5, 0.6) is 5.75 Å². The number of methoxy groups -OCH3 is 1. The fourth-order valence-electron chi connectivity index (χ4n) is 4.29. The van der Waals surface area contributed by atoms with Gasteiger partial charge in [0.1, 0.15) is 12.3 Å². The Morgan fingerprint density at radius 1 is 1.03 bits per heavy atom. The summed E-state index contributed by atoms with van der Waals surface area (Å²) in [5.74, 6) is 0.891. The van der Waals surface area contributed by atoms with Crippen LogP contribution in [-0.4, -0.2) is 52.4 Å². The molecule has 0 fully saturated rings. The lowest BCUT2D eigenvalue weighted by molar-refractivity contribution is -0.134. The van der Waals surface area contributed by atoms with Crippen molar-refractivity contribution < 1.29 is 14.3 Å². The zero-order valence-electron chi connectivity index (χ0n) is 22.5. The standard InChI is InChI=1S/C30H38BrN3O3/c1-6-23(4)34(20-27-10-8-16-32(27)19-24-9-7-11-28(17-24)37-5)29(35)21-33(18-22(2)3)30(36)25-12-14-26(31)15-13-25/h7-17,22-23H,6,18-21H2,1-5H3. The molecule has 0 N–H and O–H groups in total. The van der Waals surface area contributed by atoms with E-state index in [9.17, 15) is 9.59 Å². The maximum absolute atomic E-state index is 13.7. The van der Waals surface area contributed by atoms with E-state index in [0.717, 1.165) is 27.9 Å². The van der Waals surface area contributed by atoms with Crippen molar-refractivity contribution in [3.8, 4) is 5.75 Å². The zero-order chi connectivity index (χ0) is 26.9. The van der Waals surface area contributed by atoms with Crippen molar-refractivity contribution in [1.29, 1.82) is 0 Å². The second kappa shape index (κ2) is 13.5. The molecule has 3 aromatic rings. The molecule has 2 aromatic carbocycles. The van der Waals surface area contributed by atoms with Crippen LogP contribution in [0, 0.1) is 5.92 Å². The smallest absolute Gasteiger partial charge is 0.254 e. The third-order valence-corrected chi connectivity index (χ3v) is 7.00. The minimum absolute atomic E-state index is 0.0383. The van der Waals surface area contributed by atoms with Crippen molar-refractivity contribution in [1.82, 2.24) is 14.4 Å². The number of carbonyl (C=O) groups excluding carboxylic acids is 2. The first-order valence-electron chi connectivity index (χ1n) is 12.8. The normalized spacial score (nSPS) is 11.9. The van der Waals surface area contributed by atoms with E-state index in [1.165, 1.54) is 0 Å². The van der Waals surface area contributed by atoms with Crippen LogP contribution in [-0.2, 0) is 17.9 Å². The van der Waals surface area contributed by atoms with Gasteiger partial charge in [0.05, 0.1) is 13.7 Å². The molecule has 0 saturated carbocycles. The average Bonchev–Trinajstić information content (AvgIpc) is 3.32. The van der Waals surface area contributed by atoms with Gasteiger partial charge in [0.15, 0.2) is 0 Å². The van der Waals surface area contributed by atoms with Gasteiger partial charge in [-0.25, -0.2) is 0 Å². The van der Waals surface area contributed by atoms with Crippen LogP contribution in [0.15, 0.2) is 71.3 Å². The van der Waals surface area contributed by atoms with Crippen LogP contribution in [0.4, 0.5) is 0 Å². The third kappa shape index (κ3) is 7.96. The van der Waals surface area contributed by atoms with Gasteiger partial charge in [-0.2, -0.15) is 0 Å². The maximum atomic E-state index is 13.7.